The van der Waals surface area contributed by atoms with Crippen LogP contribution >= 0.6 is 12.6 Å². The van der Waals surface area contributed by atoms with E-state index >= 15 is 0 Å². The molecule has 0 saturated carbocycles. The van der Waals surface area contributed by atoms with Gasteiger partial charge in [0.25, 0.3) is 15.8 Å². The molecule has 1 N–H and O–H groups in total. The van der Waals surface area contributed by atoms with Gasteiger partial charge in [-0.1, -0.05) is 19.8 Å². The Kier molecular flexibility index (Phi) is 5.07. The fourth-order valence-corrected chi connectivity index (χ4v) is 2.66. The standard InChI is InChI=1S/C10H16N2O3S2/c1-2-3-4-8-17(14,15)11-9-6-5-7-10(16)12(9)13/h5-7,11,16H,2-4,8H2,1H3. The van der Waals surface area contributed by atoms with Gasteiger partial charge in [-0.15, -0.1) is 12.6 Å². The highest BCUT2D eigenvalue weighted by Gasteiger charge is 2.17. The van der Waals surface area contributed by atoms with E-state index < -0.39 is 10.0 Å². The molecule has 5 nitrogen and oxygen atoms in total. The molecule has 0 aliphatic heterocycles. The van der Waals surface area contributed by atoms with Gasteiger partial charge in [-0.05, 0) is 18.6 Å². The van der Waals surface area contributed by atoms with Crippen molar-refractivity contribution in [2.75, 3.05) is 10.5 Å². The molecule has 0 spiro atoms. The molecule has 0 aliphatic carbocycles. The normalized spacial score (nSPS) is 11.4. The number of hydrogen-bond acceptors (Lipinski definition) is 4. The van der Waals surface area contributed by atoms with Crippen molar-refractivity contribution in [3.63, 3.8) is 0 Å². The monoisotopic (exact) mass is 276 g/mol. The highest BCUT2D eigenvalue weighted by molar-refractivity contribution is 7.92. The first kappa shape index (κ1) is 14.1. The van der Waals surface area contributed by atoms with E-state index in [2.05, 4.69) is 17.4 Å². The van der Waals surface area contributed by atoms with Gasteiger partial charge in [0.1, 0.15) is 0 Å². The maximum Gasteiger partial charge on any atom is 0.298 e. The van der Waals surface area contributed by atoms with Crippen LogP contribution in [0.15, 0.2) is 23.2 Å². The molecular formula is C10H16N2O3S2. The minimum Gasteiger partial charge on any atom is -0.710 e. The molecule has 0 aromatic carbocycles. The van der Waals surface area contributed by atoms with E-state index in [0.29, 0.717) is 11.2 Å². The largest absolute Gasteiger partial charge is 0.710 e. The summed E-state index contributed by atoms with van der Waals surface area (Å²) < 4.78 is 26.0. The maximum absolute atomic E-state index is 11.7. The number of hydrogen-bond donors (Lipinski definition) is 2. The summed E-state index contributed by atoms with van der Waals surface area (Å²) in [7, 11) is -3.45. The summed E-state index contributed by atoms with van der Waals surface area (Å²) >= 11 is 3.92. The summed E-state index contributed by atoms with van der Waals surface area (Å²) in [6.07, 6.45) is 2.39. The van der Waals surface area contributed by atoms with E-state index in [-0.39, 0.29) is 16.6 Å². The molecule has 0 bridgehead atoms. The van der Waals surface area contributed by atoms with Gasteiger partial charge in [-0.25, -0.2) is 4.73 Å². The van der Waals surface area contributed by atoms with Gasteiger partial charge in [-0.3, -0.25) is 0 Å². The van der Waals surface area contributed by atoms with Crippen LogP contribution in [0.3, 0.4) is 0 Å². The van der Waals surface area contributed by atoms with E-state index in [4.69, 9.17) is 0 Å². The zero-order valence-electron chi connectivity index (χ0n) is 9.59. The Hall–Kier alpha value is -0.950. The Labute approximate surface area is 107 Å². The minimum absolute atomic E-state index is 0.0194. The molecule has 0 unspecified atom stereocenters. The molecule has 0 atom stereocenters. The van der Waals surface area contributed by atoms with Crippen LogP contribution in [-0.2, 0) is 10.0 Å². The number of thiol groups is 1. The third kappa shape index (κ3) is 4.43. The zero-order valence-corrected chi connectivity index (χ0v) is 11.3. The predicted molar refractivity (Wildman–Crippen MR) is 69.6 cm³/mol. The van der Waals surface area contributed by atoms with Gasteiger partial charge in [0.15, 0.2) is 5.03 Å². The number of nitrogens with zero attached hydrogens (tertiary/aromatic N) is 1. The van der Waals surface area contributed by atoms with Crippen molar-refractivity contribution >= 4 is 28.5 Å². The second-order valence-corrected chi connectivity index (χ2v) is 5.99. The van der Waals surface area contributed by atoms with Crippen LogP contribution in [0.25, 0.3) is 0 Å². The first-order valence-corrected chi connectivity index (χ1v) is 7.48. The Morgan fingerprint density at radius 2 is 2.12 bits per heavy atom. The average molecular weight is 276 g/mol. The molecule has 1 rings (SSSR count). The maximum atomic E-state index is 11.7. The summed E-state index contributed by atoms with van der Waals surface area (Å²) in [5.74, 6) is 0.00599. The highest BCUT2D eigenvalue weighted by atomic mass is 32.2. The fourth-order valence-electron chi connectivity index (χ4n) is 1.31. The van der Waals surface area contributed by atoms with E-state index in [0.717, 1.165) is 12.8 Å². The van der Waals surface area contributed by atoms with Crippen molar-refractivity contribution < 1.29 is 13.1 Å². The quantitative estimate of drug-likeness (QED) is 0.358. The molecule has 0 saturated heterocycles. The van der Waals surface area contributed by atoms with Crippen molar-refractivity contribution in [2.45, 2.75) is 31.2 Å². The lowest BCUT2D eigenvalue weighted by molar-refractivity contribution is -0.630. The molecular weight excluding hydrogens is 260 g/mol. The van der Waals surface area contributed by atoms with Crippen molar-refractivity contribution in [1.29, 1.82) is 0 Å². The van der Waals surface area contributed by atoms with Crippen molar-refractivity contribution in [3.8, 4) is 0 Å². The van der Waals surface area contributed by atoms with Crippen LogP contribution in [0.5, 0.6) is 0 Å². The Morgan fingerprint density at radius 3 is 2.76 bits per heavy atom. The second kappa shape index (κ2) is 6.11. The van der Waals surface area contributed by atoms with E-state index in [1.807, 2.05) is 6.92 Å². The number of pyridine rings is 1. The van der Waals surface area contributed by atoms with Gasteiger partial charge in [-0.2, -0.15) is 13.1 Å². The number of rotatable bonds is 6. The summed E-state index contributed by atoms with van der Waals surface area (Å²) in [5.41, 5.74) is 0. The van der Waals surface area contributed by atoms with Crippen molar-refractivity contribution in [1.82, 2.24) is 0 Å². The van der Waals surface area contributed by atoms with Crippen LogP contribution in [0.2, 0.25) is 0 Å². The molecule has 0 radical (unpaired) electrons. The number of sulfonamides is 1. The third-order valence-electron chi connectivity index (χ3n) is 2.20. The first-order chi connectivity index (χ1) is 7.96. The lowest BCUT2D eigenvalue weighted by atomic mass is 10.3. The van der Waals surface area contributed by atoms with Crippen LogP contribution in [-0.4, -0.2) is 14.2 Å². The van der Waals surface area contributed by atoms with Crippen LogP contribution < -0.4 is 9.45 Å². The van der Waals surface area contributed by atoms with Crippen LogP contribution in [0.1, 0.15) is 26.2 Å². The Bertz CT molecular complexity index is 474. The van der Waals surface area contributed by atoms with E-state index in [9.17, 15) is 13.6 Å². The van der Waals surface area contributed by atoms with E-state index in [1.165, 1.54) is 12.1 Å². The van der Waals surface area contributed by atoms with Gasteiger partial charge in [0.2, 0.25) is 0 Å². The lowest BCUT2D eigenvalue weighted by Gasteiger charge is -2.10. The fraction of sp³-hybridized carbons (Fsp3) is 0.500. The predicted octanol–water partition coefficient (Wildman–Crippen LogP) is 1.54. The Morgan fingerprint density at radius 1 is 1.41 bits per heavy atom. The molecule has 0 aliphatic rings. The molecule has 0 amide bonds. The first-order valence-electron chi connectivity index (χ1n) is 5.38. The third-order valence-corrected chi connectivity index (χ3v) is 3.88. The molecule has 1 aromatic heterocycles. The topological polar surface area (TPSA) is 73.1 Å². The van der Waals surface area contributed by atoms with Gasteiger partial charge < -0.3 is 5.21 Å². The van der Waals surface area contributed by atoms with Crippen LogP contribution in [0, 0.1) is 5.21 Å². The highest BCUT2D eigenvalue weighted by Crippen LogP contribution is 2.08. The zero-order chi connectivity index (χ0) is 12.9. The number of aromatic nitrogens is 1. The molecule has 1 heterocycles. The smallest absolute Gasteiger partial charge is 0.298 e. The van der Waals surface area contributed by atoms with Crippen molar-refractivity contribution in [2.24, 2.45) is 0 Å². The van der Waals surface area contributed by atoms with Gasteiger partial charge >= 0.3 is 0 Å². The van der Waals surface area contributed by atoms with E-state index in [1.54, 1.807) is 6.07 Å². The summed E-state index contributed by atoms with van der Waals surface area (Å²) in [5, 5.41) is 11.6. The molecule has 0 fully saturated rings. The van der Waals surface area contributed by atoms with Crippen LogP contribution in [0.4, 0.5) is 5.82 Å². The molecule has 7 heteroatoms. The molecule has 96 valence electrons. The summed E-state index contributed by atoms with van der Waals surface area (Å²) in [4.78, 5) is 0. The number of unbranched alkanes of at least 4 members (excludes halogenated alkanes) is 2. The number of nitrogens with one attached hydrogen (secondary N) is 1. The SMILES string of the molecule is CCCCCS(=O)(=O)Nc1cccc(S)[n+]1[O-]. The summed E-state index contributed by atoms with van der Waals surface area (Å²) in [6.45, 7) is 2.00. The van der Waals surface area contributed by atoms with Gasteiger partial charge in [0, 0.05) is 6.07 Å². The average Bonchev–Trinajstić information content (AvgIpc) is 2.25. The molecule has 1 aromatic rings. The Balaban J connectivity index is 2.73. The second-order valence-electron chi connectivity index (χ2n) is 3.69. The van der Waals surface area contributed by atoms with Crippen molar-refractivity contribution in [3.05, 3.63) is 23.4 Å². The minimum atomic E-state index is -3.45. The molecule has 17 heavy (non-hydrogen) atoms. The summed E-state index contributed by atoms with van der Waals surface area (Å²) in [6, 6.07) is 4.47. The number of anilines is 1. The lowest BCUT2D eigenvalue weighted by Crippen LogP contribution is -2.34. The van der Waals surface area contributed by atoms with Gasteiger partial charge in [0.05, 0.1) is 5.75 Å².